The molecule has 1 aromatic carbocycles. The zero-order chi connectivity index (χ0) is 8.72. The zero-order valence-corrected chi connectivity index (χ0v) is 6.49. The van der Waals surface area contributed by atoms with Gasteiger partial charge in [0.05, 0.1) is 5.52 Å². The Morgan fingerprint density at radius 1 is 1.33 bits per heavy atom. The second kappa shape index (κ2) is 2.30. The number of nitrogens with one attached hydrogen (secondary N) is 1. The van der Waals surface area contributed by atoms with Crippen molar-refractivity contribution >= 4 is 10.9 Å². The summed E-state index contributed by atoms with van der Waals surface area (Å²) in [4.78, 5) is 2.71. The molecule has 0 amide bonds. The SMILES string of the molecule is Cc1c(F)cc2cc[nH]c2c1F. The van der Waals surface area contributed by atoms with Crippen LogP contribution >= 0.6 is 0 Å². The van der Waals surface area contributed by atoms with Gasteiger partial charge in [0.25, 0.3) is 0 Å². The molecular weight excluding hydrogens is 160 g/mol. The number of rotatable bonds is 0. The first-order chi connectivity index (χ1) is 5.70. The highest BCUT2D eigenvalue weighted by Gasteiger charge is 2.09. The fourth-order valence-electron chi connectivity index (χ4n) is 1.23. The molecule has 1 aromatic heterocycles. The Kier molecular flexibility index (Phi) is 1.40. The smallest absolute Gasteiger partial charge is 0.153 e. The van der Waals surface area contributed by atoms with E-state index in [0.717, 1.165) is 0 Å². The Hall–Kier alpha value is -1.38. The highest BCUT2D eigenvalue weighted by atomic mass is 19.1. The molecule has 0 saturated heterocycles. The third-order valence-corrected chi connectivity index (χ3v) is 1.97. The van der Waals surface area contributed by atoms with Crippen molar-refractivity contribution in [3.05, 3.63) is 35.5 Å². The average molecular weight is 167 g/mol. The second-order valence-electron chi connectivity index (χ2n) is 2.74. The summed E-state index contributed by atoms with van der Waals surface area (Å²) in [5.74, 6) is -1.00. The molecule has 0 fully saturated rings. The predicted molar refractivity (Wildman–Crippen MR) is 43.0 cm³/mol. The van der Waals surface area contributed by atoms with Gasteiger partial charge in [-0.3, -0.25) is 0 Å². The first kappa shape index (κ1) is 7.28. The highest BCUT2D eigenvalue weighted by Crippen LogP contribution is 2.21. The van der Waals surface area contributed by atoms with Gasteiger partial charge in [0, 0.05) is 17.1 Å². The van der Waals surface area contributed by atoms with Crippen LogP contribution in [-0.2, 0) is 0 Å². The molecule has 0 aliphatic carbocycles. The van der Waals surface area contributed by atoms with E-state index >= 15 is 0 Å². The molecule has 0 saturated carbocycles. The van der Waals surface area contributed by atoms with Crippen LogP contribution in [0.3, 0.4) is 0 Å². The van der Waals surface area contributed by atoms with Crippen molar-refractivity contribution in [2.75, 3.05) is 0 Å². The Morgan fingerprint density at radius 2 is 2.08 bits per heavy atom. The third-order valence-electron chi connectivity index (χ3n) is 1.97. The summed E-state index contributed by atoms with van der Waals surface area (Å²) in [7, 11) is 0. The van der Waals surface area contributed by atoms with E-state index in [0.29, 0.717) is 10.9 Å². The maximum absolute atomic E-state index is 13.2. The number of H-pyrrole nitrogens is 1. The molecule has 1 heterocycles. The van der Waals surface area contributed by atoms with Crippen molar-refractivity contribution in [2.45, 2.75) is 6.92 Å². The molecule has 0 atom stereocenters. The Morgan fingerprint density at radius 3 is 2.83 bits per heavy atom. The van der Waals surface area contributed by atoms with Gasteiger partial charge in [0.1, 0.15) is 5.82 Å². The molecule has 0 radical (unpaired) electrons. The number of hydrogen-bond acceptors (Lipinski definition) is 0. The number of benzene rings is 1. The van der Waals surface area contributed by atoms with Gasteiger partial charge in [-0.2, -0.15) is 0 Å². The summed E-state index contributed by atoms with van der Waals surface area (Å²) in [6, 6.07) is 2.96. The van der Waals surface area contributed by atoms with E-state index in [-0.39, 0.29) is 5.56 Å². The van der Waals surface area contributed by atoms with Gasteiger partial charge in [-0.05, 0) is 19.1 Å². The van der Waals surface area contributed by atoms with Crippen molar-refractivity contribution in [3.8, 4) is 0 Å². The molecular formula is C9H7F2N. The summed E-state index contributed by atoms with van der Waals surface area (Å²) in [6.45, 7) is 1.42. The van der Waals surface area contributed by atoms with E-state index in [4.69, 9.17) is 0 Å². The lowest BCUT2D eigenvalue weighted by molar-refractivity contribution is 0.576. The first-order valence-electron chi connectivity index (χ1n) is 3.62. The molecule has 2 rings (SSSR count). The van der Waals surface area contributed by atoms with Gasteiger partial charge in [0.2, 0.25) is 0 Å². The summed E-state index contributed by atoms with van der Waals surface area (Å²) in [6.07, 6.45) is 1.59. The van der Waals surface area contributed by atoms with E-state index in [1.54, 1.807) is 12.3 Å². The number of halogens is 2. The maximum atomic E-state index is 13.2. The van der Waals surface area contributed by atoms with Crippen molar-refractivity contribution in [1.29, 1.82) is 0 Å². The Bertz CT molecular complexity index is 431. The zero-order valence-electron chi connectivity index (χ0n) is 6.49. The van der Waals surface area contributed by atoms with Crippen molar-refractivity contribution < 1.29 is 8.78 Å². The van der Waals surface area contributed by atoms with Gasteiger partial charge in [0.15, 0.2) is 5.82 Å². The molecule has 1 nitrogen and oxygen atoms in total. The predicted octanol–water partition coefficient (Wildman–Crippen LogP) is 2.75. The molecule has 0 bridgehead atoms. The summed E-state index contributed by atoms with van der Waals surface area (Å²) in [5, 5.41) is 0.565. The second-order valence-corrected chi connectivity index (χ2v) is 2.74. The molecule has 3 heteroatoms. The summed E-state index contributed by atoms with van der Waals surface area (Å²) >= 11 is 0. The number of hydrogen-bond donors (Lipinski definition) is 1. The molecule has 12 heavy (non-hydrogen) atoms. The van der Waals surface area contributed by atoms with Crippen LogP contribution in [0.15, 0.2) is 18.3 Å². The van der Waals surface area contributed by atoms with E-state index < -0.39 is 11.6 Å². The first-order valence-corrected chi connectivity index (χ1v) is 3.62. The fourth-order valence-corrected chi connectivity index (χ4v) is 1.23. The van der Waals surface area contributed by atoms with E-state index in [1.165, 1.54) is 13.0 Å². The third kappa shape index (κ3) is 0.826. The molecule has 1 N–H and O–H groups in total. The van der Waals surface area contributed by atoms with E-state index in [2.05, 4.69) is 4.98 Å². The van der Waals surface area contributed by atoms with Gasteiger partial charge < -0.3 is 4.98 Å². The molecule has 0 spiro atoms. The topological polar surface area (TPSA) is 15.8 Å². The quantitative estimate of drug-likeness (QED) is 0.621. The van der Waals surface area contributed by atoms with Crippen LogP contribution in [0.2, 0.25) is 0 Å². The minimum absolute atomic E-state index is 0.0601. The average Bonchev–Trinajstić information content (AvgIpc) is 2.48. The minimum Gasteiger partial charge on any atom is -0.359 e. The van der Waals surface area contributed by atoms with Gasteiger partial charge in [-0.15, -0.1) is 0 Å². The molecule has 62 valence electrons. The van der Waals surface area contributed by atoms with E-state index in [9.17, 15) is 8.78 Å². The minimum atomic E-state index is -0.505. The number of aromatic amines is 1. The molecule has 0 unspecified atom stereocenters. The van der Waals surface area contributed by atoms with Crippen molar-refractivity contribution in [1.82, 2.24) is 4.98 Å². The van der Waals surface area contributed by atoms with Crippen molar-refractivity contribution in [2.24, 2.45) is 0 Å². The lowest BCUT2D eigenvalue weighted by Crippen LogP contribution is -1.89. The molecule has 0 aliphatic rings. The molecule has 0 aliphatic heterocycles. The normalized spacial score (nSPS) is 10.9. The van der Waals surface area contributed by atoms with Crippen LogP contribution in [-0.4, -0.2) is 4.98 Å². The summed E-state index contributed by atoms with van der Waals surface area (Å²) in [5.41, 5.74) is 0.429. The lowest BCUT2D eigenvalue weighted by atomic mass is 10.1. The standard InChI is InChI=1S/C9H7F2N/c1-5-7(10)4-6-2-3-12-9(6)8(5)11/h2-4,12H,1H3. The Balaban J connectivity index is 2.94. The number of aromatic nitrogens is 1. The van der Waals surface area contributed by atoms with Crippen LogP contribution in [0.1, 0.15) is 5.56 Å². The van der Waals surface area contributed by atoms with Crippen LogP contribution in [0.4, 0.5) is 8.78 Å². The van der Waals surface area contributed by atoms with Gasteiger partial charge >= 0.3 is 0 Å². The van der Waals surface area contributed by atoms with E-state index in [1.807, 2.05) is 0 Å². The lowest BCUT2D eigenvalue weighted by Gasteiger charge is -1.99. The van der Waals surface area contributed by atoms with Crippen LogP contribution in [0.5, 0.6) is 0 Å². The van der Waals surface area contributed by atoms with Gasteiger partial charge in [-0.1, -0.05) is 0 Å². The number of fused-ring (bicyclic) bond motifs is 1. The fraction of sp³-hybridized carbons (Fsp3) is 0.111. The highest BCUT2D eigenvalue weighted by molar-refractivity contribution is 5.80. The van der Waals surface area contributed by atoms with Crippen molar-refractivity contribution in [3.63, 3.8) is 0 Å². The van der Waals surface area contributed by atoms with Crippen LogP contribution in [0, 0.1) is 18.6 Å². The molecule has 2 aromatic rings. The van der Waals surface area contributed by atoms with Crippen LogP contribution < -0.4 is 0 Å². The van der Waals surface area contributed by atoms with Crippen LogP contribution in [0.25, 0.3) is 10.9 Å². The monoisotopic (exact) mass is 167 g/mol. The summed E-state index contributed by atoms with van der Waals surface area (Å²) < 4.78 is 26.2. The largest absolute Gasteiger partial charge is 0.359 e. The van der Waals surface area contributed by atoms with Gasteiger partial charge in [-0.25, -0.2) is 8.78 Å². The Labute approximate surface area is 68.0 Å². The maximum Gasteiger partial charge on any atom is 0.153 e.